The van der Waals surface area contributed by atoms with Crippen molar-refractivity contribution in [3.8, 4) is 0 Å². The third kappa shape index (κ3) is 3.53. The summed E-state index contributed by atoms with van der Waals surface area (Å²) in [6.07, 6.45) is 8.20. The van der Waals surface area contributed by atoms with E-state index in [1.165, 1.54) is 63.0 Å². The number of anilines is 2. The lowest BCUT2D eigenvalue weighted by Gasteiger charge is -2.35. The van der Waals surface area contributed by atoms with Crippen molar-refractivity contribution in [2.24, 2.45) is 11.8 Å². The van der Waals surface area contributed by atoms with E-state index < -0.39 is 0 Å². The van der Waals surface area contributed by atoms with Crippen LogP contribution in [0.5, 0.6) is 0 Å². The van der Waals surface area contributed by atoms with Crippen LogP contribution in [0.1, 0.15) is 52.4 Å². The number of nitrogens with zero attached hydrogens (tertiary/aromatic N) is 1. The molecule has 1 saturated heterocycles. The summed E-state index contributed by atoms with van der Waals surface area (Å²) in [4.78, 5) is 2.52. The van der Waals surface area contributed by atoms with Crippen molar-refractivity contribution in [1.29, 1.82) is 0 Å². The molecule has 0 spiro atoms. The first-order valence-corrected chi connectivity index (χ1v) is 8.85. The third-order valence-corrected chi connectivity index (χ3v) is 5.35. The van der Waals surface area contributed by atoms with Crippen molar-refractivity contribution < 1.29 is 0 Å². The second kappa shape index (κ2) is 6.72. The number of benzene rings is 1. The minimum absolute atomic E-state index is 0.660. The average Bonchev–Trinajstić information content (AvgIpc) is 3.02. The van der Waals surface area contributed by atoms with Crippen LogP contribution in [0.25, 0.3) is 0 Å². The average molecular weight is 286 g/mol. The fraction of sp³-hybridized carbons (Fsp3) is 0.684. The molecule has 0 radical (unpaired) electrons. The van der Waals surface area contributed by atoms with Gasteiger partial charge in [0.1, 0.15) is 0 Å². The van der Waals surface area contributed by atoms with Gasteiger partial charge in [-0.25, -0.2) is 0 Å². The second-order valence-corrected chi connectivity index (χ2v) is 7.19. The van der Waals surface area contributed by atoms with E-state index in [1.54, 1.807) is 0 Å². The Hall–Kier alpha value is -1.18. The molecule has 3 rings (SSSR count). The molecule has 2 fully saturated rings. The fourth-order valence-corrected chi connectivity index (χ4v) is 4.12. The van der Waals surface area contributed by atoms with Crippen molar-refractivity contribution in [2.45, 2.75) is 58.4 Å². The number of rotatable bonds is 4. The van der Waals surface area contributed by atoms with Crippen LogP contribution in [0.15, 0.2) is 24.3 Å². The van der Waals surface area contributed by atoms with Gasteiger partial charge in [-0.05, 0) is 55.7 Å². The number of hydrogen-bond donors (Lipinski definition) is 1. The molecule has 0 amide bonds. The van der Waals surface area contributed by atoms with Gasteiger partial charge in [0.05, 0.1) is 0 Å². The van der Waals surface area contributed by atoms with Crippen LogP contribution in [-0.2, 0) is 0 Å². The van der Waals surface area contributed by atoms with Gasteiger partial charge in [0.15, 0.2) is 0 Å². The van der Waals surface area contributed by atoms with Crippen LogP contribution in [0.4, 0.5) is 11.4 Å². The molecule has 2 aliphatic rings. The summed E-state index contributed by atoms with van der Waals surface area (Å²) in [7, 11) is 0. The predicted molar refractivity (Wildman–Crippen MR) is 92.1 cm³/mol. The van der Waals surface area contributed by atoms with Crippen LogP contribution < -0.4 is 10.2 Å². The predicted octanol–water partition coefficient (Wildman–Crippen LogP) is 4.91. The highest BCUT2D eigenvalue weighted by molar-refractivity contribution is 5.58. The van der Waals surface area contributed by atoms with E-state index in [1.807, 2.05) is 0 Å². The van der Waals surface area contributed by atoms with Gasteiger partial charge >= 0.3 is 0 Å². The fourth-order valence-electron chi connectivity index (χ4n) is 4.12. The Morgan fingerprint density at radius 1 is 1.05 bits per heavy atom. The Balaban J connectivity index is 1.70. The molecular weight excluding hydrogens is 256 g/mol. The van der Waals surface area contributed by atoms with Crippen molar-refractivity contribution >= 4 is 11.4 Å². The monoisotopic (exact) mass is 286 g/mol. The molecule has 1 N–H and O–H groups in total. The lowest BCUT2D eigenvalue weighted by Crippen LogP contribution is -2.35. The maximum absolute atomic E-state index is 3.85. The van der Waals surface area contributed by atoms with Crippen molar-refractivity contribution in [3.05, 3.63) is 24.3 Å². The SMILES string of the molecule is CC(C)C1CCCCC1Nc1cccc(N2CCCC2)c1. The first kappa shape index (κ1) is 14.7. The molecule has 1 aromatic rings. The topological polar surface area (TPSA) is 15.3 Å². The zero-order valence-corrected chi connectivity index (χ0v) is 13.6. The van der Waals surface area contributed by atoms with E-state index in [-0.39, 0.29) is 0 Å². The van der Waals surface area contributed by atoms with E-state index in [9.17, 15) is 0 Å². The molecule has 1 aromatic carbocycles. The van der Waals surface area contributed by atoms with Gasteiger partial charge in [-0.15, -0.1) is 0 Å². The third-order valence-electron chi connectivity index (χ3n) is 5.35. The van der Waals surface area contributed by atoms with Gasteiger partial charge in [-0.3, -0.25) is 0 Å². The van der Waals surface area contributed by atoms with E-state index >= 15 is 0 Å². The van der Waals surface area contributed by atoms with Gasteiger partial charge in [-0.1, -0.05) is 32.8 Å². The van der Waals surface area contributed by atoms with E-state index in [0.717, 1.165) is 11.8 Å². The number of nitrogens with one attached hydrogen (secondary N) is 1. The zero-order valence-electron chi connectivity index (χ0n) is 13.6. The van der Waals surface area contributed by atoms with E-state index in [2.05, 4.69) is 48.3 Å². The molecule has 1 heterocycles. The Labute approximate surface area is 129 Å². The van der Waals surface area contributed by atoms with Gasteiger partial charge in [0.2, 0.25) is 0 Å². The molecule has 1 saturated carbocycles. The molecule has 116 valence electrons. The highest BCUT2D eigenvalue weighted by atomic mass is 15.1. The maximum Gasteiger partial charge on any atom is 0.0386 e. The van der Waals surface area contributed by atoms with Crippen LogP contribution in [0.2, 0.25) is 0 Å². The quantitative estimate of drug-likeness (QED) is 0.845. The lowest BCUT2D eigenvalue weighted by molar-refractivity contribution is 0.254. The zero-order chi connectivity index (χ0) is 14.7. The summed E-state index contributed by atoms with van der Waals surface area (Å²) in [6.45, 7) is 7.21. The Morgan fingerprint density at radius 3 is 2.57 bits per heavy atom. The molecule has 1 aliphatic carbocycles. The second-order valence-electron chi connectivity index (χ2n) is 7.19. The van der Waals surface area contributed by atoms with Crippen molar-refractivity contribution in [2.75, 3.05) is 23.3 Å². The summed E-state index contributed by atoms with van der Waals surface area (Å²) in [5, 5.41) is 3.85. The molecule has 0 bridgehead atoms. The Kier molecular flexibility index (Phi) is 4.72. The Bertz CT molecular complexity index is 449. The van der Waals surface area contributed by atoms with Crippen molar-refractivity contribution in [1.82, 2.24) is 0 Å². The summed E-state index contributed by atoms with van der Waals surface area (Å²) in [6, 6.07) is 9.73. The molecule has 2 unspecified atom stereocenters. The van der Waals surface area contributed by atoms with Gasteiger partial charge in [0, 0.05) is 30.5 Å². The summed E-state index contributed by atoms with van der Waals surface area (Å²) < 4.78 is 0. The van der Waals surface area contributed by atoms with Gasteiger partial charge in [0.25, 0.3) is 0 Å². The largest absolute Gasteiger partial charge is 0.382 e. The summed E-state index contributed by atoms with van der Waals surface area (Å²) in [5.41, 5.74) is 2.71. The molecule has 2 atom stereocenters. The van der Waals surface area contributed by atoms with Gasteiger partial charge < -0.3 is 10.2 Å². The van der Waals surface area contributed by atoms with Crippen LogP contribution in [-0.4, -0.2) is 19.1 Å². The molecule has 2 heteroatoms. The first-order chi connectivity index (χ1) is 10.2. The van der Waals surface area contributed by atoms with E-state index in [4.69, 9.17) is 0 Å². The van der Waals surface area contributed by atoms with Crippen LogP contribution in [0.3, 0.4) is 0 Å². The minimum atomic E-state index is 0.660. The molecular formula is C19H30N2. The minimum Gasteiger partial charge on any atom is -0.382 e. The highest BCUT2D eigenvalue weighted by Crippen LogP contribution is 2.33. The van der Waals surface area contributed by atoms with Crippen molar-refractivity contribution in [3.63, 3.8) is 0 Å². The molecule has 2 nitrogen and oxygen atoms in total. The van der Waals surface area contributed by atoms with Crippen LogP contribution >= 0.6 is 0 Å². The van der Waals surface area contributed by atoms with E-state index in [0.29, 0.717) is 6.04 Å². The normalized spacial score (nSPS) is 26.3. The maximum atomic E-state index is 3.85. The standard InChI is InChI=1S/C19H30N2/c1-15(2)18-10-3-4-11-19(18)20-16-8-7-9-17(14-16)21-12-5-6-13-21/h7-9,14-15,18-20H,3-6,10-13H2,1-2H3. The van der Waals surface area contributed by atoms with Gasteiger partial charge in [-0.2, -0.15) is 0 Å². The Morgan fingerprint density at radius 2 is 1.81 bits per heavy atom. The lowest BCUT2D eigenvalue weighted by atomic mass is 9.78. The number of hydrogen-bond acceptors (Lipinski definition) is 2. The molecule has 0 aromatic heterocycles. The highest BCUT2D eigenvalue weighted by Gasteiger charge is 2.27. The first-order valence-electron chi connectivity index (χ1n) is 8.85. The molecule has 1 aliphatic heterocycles. The molecule has 21 heavy (non-hydrogen) atoms. The summed E-state index contributed by atoms with van der Waals surface area (Å²) >= 11 is 0. The smallest absolute Gasteiger partial charge is 0.0386 e. The van der Waals surface area contributed by atoms with Crippen LogP contribution in [0, 0.1) is 11.8 Å². The summed E-state index contributed by atoms with van der Waals surface area (Å²) in [5.74, 6) is 1.61.